The van der Waals surface area contributed by atoms with Gasteiger partial charge in [-0.3, -0.25) is 0 Å². The normalized spacial score (nSPS) is 21.4. The van der Waals surface area contributed by atoms with Crippen LogP contribution >= 0.6 is 11.6 Å². The third-order valence-corrected chi connectivity index (χ3v) is 3.00. The van der Waals surface area contributed by atoms with Crippen LogP contribution in [0.25, 0.3) is 5.78 Å². The van der Waals surface area contributed by atoms with Gasteiger partial charge in [-0.2, -0.15) is 4.98 Å². The fourth-order valence-corrected chi connectivity index (χ4v) is 2.14. The molecule has 84 valence electrons. The van der Waals surface area contributed by atoms with E-state index in [2.05, 4.69) is 20.4 Å². The van der Waals surface area contributed by atoms with Gasteiger partial charge in [-0.1, -0.05) is 18.0 Å². The van der Waals surface area contributed by atoms with Crippen LogP contribution in [0.15, 0.2) is 12.4 Å². The molecule has 1 aliphatic rings. The van der Waals surface area contributed by atoms with Crippen molar-refractivity contribution in [2.75, 3.05) is 6.54 Å². The molecule has 1 unspecified atom stereocenters. The van der Waals surface area contributed by atoms with Crippen LogP contribution in [0.2, 0.25) is 5.02 Å². The van der Waals surface area contributed by atoms with Gasteiger partial charge in [0.25, 0.3) is 5.78 Å². The maximum absolute atomic E-state index is 5.85. The summed E-state index contributed by atoms with van der Waals surface area (Å²) in [6, 6.07) is 0.259. The van der Waals surface area contributed by atoms with E-state index in [0.29, 0.717) is 10.8 Å². The summed E-state index contributed by atoms with van der Waals surface area (Å²) >= 11 is 5.85. The summed E-state index contributed by atoms with van der Waals surface area (Å²) in [6.07, 6.45) is 6.85. The monoisotopic (exact) mass is 237 g/mol. The van der Waals surface area contributed by atoms with Gasteiger partial charge in [-0.15, -0.1) is 5.10 Å². The lowest BCUT2D eigenvalue weighted by molar-refractivity contribution is 0.397. The van der Waals surface area contributed by atoms with Crippen LogP contribution in [0.3, 0.4) is 0 Å². The molecule has 3 heterocycles. The molecule has 0 saturated carbocycles. The molecule has 1 N–H and O–H groups in total. The number of rotatable bonds is 1. The van der Waals surface area contributed by atoms with Crippen LogP contribution in [-0.2, 0) is 0 Å². The van der Waals surface area contributed by atoms with Gasteiger partial charge >= 0.3 is 0 Å². The molecule has 5 nitrogen and oxygen atoms in total. The van der Waals surface area contributed by atoms with E-state index in [1.807, 2.05) is 0 Å². The average Bonchev–Trinajstić information content (AvgIpc) is 2.73. The van der Waals surface area contributed by atoms with E-state index < -0.39 is 0 Å². The van der Waals surface area contributed by atoms with Gasteiger partial charge in [-0.25, -0.2) is 9.50 Å². The number of hydrogen-bond donors (Lipinski definition) is 1. The van der Waals surface area contributed by atoms with Crippen LogP contribution in [0.5, 0.6) is 0 Å². The van der Waals surface area contributed by atoms with Gasteiger partial charge in [0.1, 0.15) is 0 Å². The number of halogens is 1. The minimum Gasteiger partial charge on any atom is -0.307 e. The zero-order valence-corrected chi connectivity index (χ0v) is 9.48. The Bertz CT molecular complexity index is 503. The highest BCUT2D eigenvalue weighted by atomic mass is 35.5. The molecule has 0 spiro atoms. The standard InChI is InChI=1S/C10H12ClN5/c11-7-5-13-10-14-9(15-16(10)6-7)8-3-1-2-4-12-8/h5-6,8,12H,1-4H2. The summed E-state index contributed by atoms with van der Waals surface area (Å²) < 4.78 is 1.63. The fourth-order valence-electron chi connectivity index (χ4n) is 2.00. The lowest BCUT2D eigenvalue weighted by Gasteiger charge is -2.20. The Labute approximate surface area is 97.8 Å². The highest BCUT2D eigenvalue weighted by Gasteiger charge is 2.19. The van der Waals surface area contributed by atoms with Crippen LogP contribution in [0.1, 0.15) is 31.1 Å². The lowest BCUT2D eigenvalue weighted by atomic mass is 10.0. The van der Waals surface area contributed by atoms with Crippen molar-refractivity contribution in [3.8, 4) is 0 Å². The van der Waals surface area contributed by atoms with E-state index in [1.165, 1.54) is 12.8 Å². The largest absolute Gasteiger partial charge is 0.307 e. The summed E-state index contributed by atoms with van der Waals surface area (Å²) in [5.74, 6) is 1.42. The highest BCUT2D eigenvalue weighted by molar-refractivity contribution is 6.30. The predicted molar refractivity (Wildman–Crippen MR) is 60.4 cm³/mol. The molecule has 6 heteroatoms. The maximum atomic E-state index is 5.85. The SMILES string of the molecule is Clc1cnc2nc(C3CCCCN3)nn2c1. The summed E-state index contributed by atoms with van der Waals surface area (Å²) in [7, 11) is 0. The molecule has 2 aromatic rings. The molecule has 1 aliphatic heterocycles. The summed E-state index contributed by atoms with van der Waals surface area (Å²) in [5.41, 5.74) is 0. The van der Waals surface area contributed by atoms with E-state index in [0.717, 1.165) is 18.8 Å². The Morgan fingerprint density at radius 2 is 2.38 bits per heavy atom. The highest BCUT2D eigenvalue weighted by Crippen LogP contribution is 2.20. The van der Waals surface area contributed by atoms with Gasteiger partial charge in [0, 0.05) is 0 Å². The Balaban J connectivity index is 1.97. The number of piperidine rings is 1. The molecular formula is C10H12ClN5. The minimum atomic E-state index is 0.259. The molecule has 2 aromatic heterocycles. The smallest absolute Gasteiger partial charge is 0.252 e. The van der Waals surface area contributed by atoms with Crippen molar-refractivity contribution in [1.82, 2.24) is 24.9 Å². The molecule has 0 aliphatic carbocycles. The number of fused-ring (bicyclic) bond motifs is 1. The molecule has 0 amide bonds. The first-order chi connectivity index (χ1) is 7.83. The molecule has 0 radical (unpaired) electrons. The zero-order valence-electron chi connectivity index (χ0n) is 8.73. The van der Waals surface area contributed by atoms with E-state index in [-0.39, 0.29) is 6.04 Å². The van der Waals surface area contributed by atoms with Gasteiger partial charge < -0.3 is 5.32 Å². The summed E-state index contributed by atoms with van der Waals surface area (Å²) in [5, 5.41) is 8.38. The molecule has 0 bridgehead atoms. The second-order valence-corrected chi connectivity index (χ2v) is 4.43. The topological polar surface area (TPSA) is 55.1 Å². The molecule has 3 rings (SSSR count). The molecule has 16 heavy (non-hydrogen) atoms. The Morgan fingerprint density at radius 1 is 1.44 bits per heavy atom. The summed E-state index contributed by atoms with van der Waals surface area (Å²) in [4.78, 5) is 8.52. The summed E-state index contributed by atoms with van der Waals surface area (Å²) in [6.45, 7) is 1.04. The van der Waals surface area contributed by atoms with Crippen LogP contribution in [0.4, 0.5) is 0 Å². The predicted octanol–water partition coefficient (Wildman–Crippen LogP) is 1.59. The van der Waals surface area contributed by atoms with Crippen molar-refractivity contribution in [3.63, 3.8) is 0 Å². The van der Waals surface area contributed by atoms with Crippen molar-refractivity contribution in [3.05, 3.63) is 23.2 Å². The van der Waals surface area contributed by atoms with Crippen LogP contribution in [-0.4, -0.2) is 26.1 Å². The van der Waals surface area contributed by atoms with E-state index in [9.17, 15) is 0 Å². The van der Waals surface area contributed by atoms with Crippen molar-refractivity contribution < 1.29 is 0 Å². The van der Waals surface area contributed by atoms with Crippen molar-refractivity contribution in [2.45, 2.75) is 25.3 Å². The van der Waals surface area contributed by atoms with Gasteiger partial charge in [0.05, 0.1) is 23.5 Å². The van der Waals surface area contributed by atoms with Crippen molar-refractivity contribution in [1.29, 1.82) is 0 Å². The molecule has 1 saturated heterocycles. The minimum absolute atomic E-state index is 0.259. The Hall–Kier alpha value is -1.20. The molecule has 1 atom stereocenters. The first-order valence-electron chi connectivity index (χ1n) is 5.44. The van der Waals surface area contributed by atoms with Gasteiger partial charge in [0.2, 0.25) is 0 Å². The Kier molecular flexibility index (Phi) is 2.49. The number of nitrogens with zero attached hydrogens (tertiary/aromatic N) is 4. The zero-order chi connectivity index (χ0) is 11.0. The number of nitrogens with one attached hydrogen (secondary N) is 1. The lowest BCUT2D eigenvalue weighted by Crippen LogP contribution is -2.27. The second kappa shape index (κ2) is 3.99. The fraction of sp³-hybridized carbons (Fsp3) is 0.500. The number of aromatic nitrogens is 4. The van der Waals surface area contributed by atoms with Crippen LogP contribution < -0.4 is 5.32 Å². The number of hydrogen-bond acceptors (Lipinski definition) is 4. The Morgan fingerprint density at radius 3 is 3.19 bits per heavy atom. The van der Waals surface area contributed by atoms with Crippen molar-refractivity contribution >= 4 is 17.4 Å². The van der Waals surface area contributed by atoms with E-state index >= 15 is 0 Å². The molecular weight excluding hydrogens is 226 g/mol. The first kappa shape index (κ1) is 9.99. The molecule has 1 fully saturated rings. The second-order valence-electron chi connectivity index (χ2n) is 3.99. The van der Waals surface area contributed by atoms with Gasteiger partial charge in [-0.05, 0) is 19.4 Å². The van der Waals surface area contributed by atoms with E-state index in [1.54, 1.807) is 16.9 Å². The molecule has 0 aromatic carbocycles. The third kappa shape index (κ3) is 1.76. The van der Waals surface area contributed by atoms with Crippen LogP contribution in [0, 0.1) is 0 Å². The maximum Gasteiger partial charge on any atom is 0.252 e. The van der Waals surface area contributed by atoms with Crippen molar-refractivity contribution in [2.24, 2.45) is 0 Å². The van der Waals surface area contributed by atoms with Gasteiger partial charge in [0.15, 0.2) is 5.82 Å². The average molecular weight is 238 g/mol. The quantitative estimate of drug-likeness (QED) is 0.819. The first-order valence-corrected chi connectivity index (χ1v) is 5.82. The third-order valence-electron chi connectivity index (χ3n) is 2.80. The van der Waals surface area contributed by atoms with E-state index in [4.69, 9.17) is 11.6 Å².